The zero-order chi connectivity index (χ0) is 8.27. The Kier molecular flexibility index (Phi) is 5.20. The van der Waals surface area contributed by atoms with E-state index in [0.29, 0.717) is 19.2 Å². The van der Waals surface area contributed by atoms with Gasteiger partial charge in [0.05, 0.1) is 13.7 Å². The molecule has 0 aliphatic carbocycles. The van der Waals surface area contributed by atoms with Crippen LogP contribution in [0.15, 0.2) is 0 Å². The molecule has 1 saturated heterocycles. The highest BCUT2D eigenvalue weighted by molar-refractivity contribution is 5.85. The second-order valence-electron chi connectivity index (χ2n) is 2.65. The summed E-state index contributed by atoms with van der Waals surface area (Å²) >= 11 is 0. The van der Waals surface area contributed by atoms with Crippen molar-refractivity contribution in [2.75, 3.05) is 20.3 Å². The molecule has 2 atom stereocenters. The van der Waals surface area contributed by atoms with Gasteiger partial charge >= 0.3 is 5.97 Å². The van der Waals surface area contributed by atoms with E-state index in [1.165, 1.54) is 7.11 Å². The molecule has 1 aliphatic heterocycles. The van der Waals surface area contributed by atoms with E-state index in [4.69, 9.17) is 4.74 Å². The number of carbonyl (C=O) groups excluding carboxylic acids is 1. The average molecular weight is 196 g/mol. The Bertz CT molecular complexity index is 146. The first-order chi connectivity index (χ1) is 5.24. The summed E-state index contributed by atoms with van der Waals surface area (Å²) in [5.74, 6) is -0.301. The number of methoxy groups -OCH3 is 1. The van der Waals surface area contributed by atoms with Crippen molar-refractivity contribution >= 4 is 18.4 Å². The third-order valence-electron chi connectivity index (χ3n) is 1.66. The number of esters is 1. The molecule has 0 amide bonds. The normalized spacial score (nSPS) is 28.8. The predicted octanol–water partition coefficient (Wildman–Crippen LogP) is -0.0419. The SMILES string of the molecule is COC(=O)[C@H]1CN[C@@H](C)CO1.Cl. The lowest BCUT2D eigenvalue weighted by molar-refractivity contribution is -0.156. The molecule has 1 fully saturated rings. The van der Waals surface area contributed by atoms with Crippen molar-refractivity contribution in [1.29, 1.82) is 0 Å². The number of nitrogens with one attached hydrogen (secondary N) is 1. The maximum atomic E-state index is 10.9. The molecule has 0 bridgehead atoms. The molecule has 0 radical (unpaired) electrons. The minimum absolute atomic E-state index is 0. The number of hydrogen-bond donors (Lipinski definition) is 1. The summed E-state index contributed by atoms with van der Waals surface area (Å²) in [5.41, 5.74) is 0. The minimum Gasteiger partial charge on any atom is -0.467 e. The highest BCUT2D eigenvalue weighted by Crippen LogP contribution is 2.01. The van der Waals surface area contributed by atoms with Gasteiger partial charge in [0.2, 0.25) is 0 Å². The van der Waals surface area contributed by atoms with Crippen LogP contribution in [0.3, 0.4) is 0 Å². The molecule has 4 nitrogen and oxygen atoms in total. The monoisotopic (exact) mass is 195 g/mol. The van der Waals surface area contributed by atoms with Gasteiger partial charge in [0.15, 0.2) is 6.10 Å². The van der Waals surface area contributed by atoms with Crippen molar-refractivity contribution in [3.05, 3.63) is 0 Å². The van der Waals surface area contributed by atoms with Gasteiger partial charge in [-0.05, 0) is 6.92 Å². The van der Waals surface area contributed by atoms with E-state index in [1.807, 2.05) is 6.92 Å². The highest BCUT2D eigenvalue weighted by atomic mass is 35.5. The topological polar surface area (TPSA) is 47.6 Å². The van der Waals surface area contributed by atoms with Gasteiger partial charge in [-0.3, -0.25) is 0 Å². The predicted molar refractivity (Wildman–Crippen MR) is 46.5 cm³/mol. The van der Waals surface area contributed by atoms with Crippen molar-refractivity contribution < 1.29 is 14.3 Å². The Morgan fingerprint density at radius 3 is 2.75 bits per heavy atom. The summed E-state index contributed by atoms with van der Waals surface area (Å²) in [6.07, 6.45) is -0.420. The lowest BCUT2D eigenvalue weighted by Crippen LogP contribution is -2.48. The molecule has 0 aromatic carbocycles. The molecule has 0 unspecified atom stereocenters. The maximum Gasteiger partial charge on any atom is 0.336 e. The molecule has 0 saturated carbocycles. The zero-order valence-corrected chi connectivity index (χ0v) is 8.02. The van der Waals surface area contributed by atoms with E-state index in [0.717, 1.165) is 0 Å². The Morgan fingerprint density at radius 2 is 2.33 bits per heavy atom. The van der Waals surface area contributed by atoms with Crippen LogP contribution in [0.25, 0.3) is 0 Å². The second kappa shape index (κ2) is 5.35. The minimum atomic E-state index is -0.420. The van der Waals surface area contributed by atoms with Gasteiger partial charge in [-0.15, -0.1) is 12.4 Å². The maximum absolute atomic E-state index is 10.9. The third kappa shape index (κ3) is 2.97. The Hall–Kier alpha value is -0.320. The molecule has 1 heterocycles. The average Bonchev–Trinajstić information content (AvgIpc) is 2.05. The van der Waals surface area contributed by atoms with Crippen LogP contribution in [-0.4, -0.2) is 38.4 Å². The summed E-state index contributed by atoms with van der Waals surface area (Å²) in [7, 11) is 1.36. The van der Waals surface area contributed by atoms with Crippen LogP contribution < -0.4 is 5.32 Å². The smallest absolute Gasteiger partial charge is 0.336 e. The van der Waals surface area contributed by atoms with Crippen LogP contribution in [-0.2, 0) is 14.3 Å². The van der Waals surface area contributed by atoms with Crippen molar-refractivity contribution in [3.63, 3.8) is 0 Å². The van der Waals surface area contributed by atoms with Gasteiger partial charge in [-0.25, -0.2) is 4.79 Å². The molecular weight excluding hydrogens is 182 g/mol. The molecule has 12 heavy (non-hydrogen) atoms. The summed E-state index contributed by atoms with van der Waals surface area (Å²) in [6.45, 7) is 3.13. The van der Waals surface area contributed by atoms with Gasteiger partial charge in [-0.2, -0.15) is 0 Å². The van der Waals surface area contributed by atoms with E-state index in [-0.39, 0.29) is 18.4 Å². The number of ether oxygens (including phenoxy) is 2. The van der Waals surface area contributed by atoms with Gasteiger partial charge < -0.3 is 14.8 Å². The van der Waals surface area contributed by atoms with Gasteiger partial charge in [-0.1, -0.05) is 0 Å². The first kappa shape index (κ1) is 11.7. The van der Waals surface area contributed by atoms with Crippen LogP contribution in [0.1, 0.15) is 6.92 Å². The molecule has 0 aromatic heterocycles. The molecule has 0 aromatic rings. The molecule has 72 valence electrons. The largest absolute Gasteiger partial charge is 0.467 e. The van der Waals surface area contributed by atoms with Gasteiger partial charge in [0.25, 0.3) is 0 Å². The Morgan fingerprint density at radius 1 is 1.67 bits per heavy atom. The lowest BCUT2D eigenvalue weighted by Gasteiger charge is -2.26. The van der Waals surface area contributed by atoms with Crippen molar-refractivity contribution in [2.24, 2.45) is 0 Å². The quantitative estimate of drug-likeness (QED) is 0.597. The first-order valence-electron chi connectivity index (χ1n) is 3.67. The van der Waals surface area contributed by atoms with Crippen LogP contribution in [0.2, 0.25) is 0 Å². The fraction of sp³-hybridized carbons (Fsp3) is 0.857. The number of halogens is 1. The van der Waals surface area contributed by atoms with E-state index in [9.17, 15) is 4.79 Å². The van der Waals surface area contributed by atoms with E-state index < -0.39 is 6.10 Å². The lowest BCUT2D eigenvalue weighted by atomic mass is 10.2. The second-order valence-corrected chi connectivity index (χ2v) is 2.65. The molecular formula is C7H14ClNO3. The van der Waals surface area contributed by atoms with Crippen molar-refractivity contribution in [3.8, 4) is 0 Å². The van der Waals surface area contributed by atoms with Crippen LogP contribution in [0, 0.1) is 0 Å². The number of morpholine rings is 1. The third-order valence-corrected chi connectivity index (χ3v) is 1.66. The molecule has 1 N–H and O–H groups in total. The Labute approximate surface area is 78.0 Å². The van der Waals surface area contributed by atoms with Crippen LogP contribution in [0.4, 0.5) is 0 Å². The summed E-state index contributed by atoms with van der Waals surface area (Å²) in [6, 6.07) is 0.330. The first-order valence-corrected chi connectivity index (χ1v) is 3.67. The molecule has 5 heteroatoms. The molecule has 0 spiro atoms. The Balaban J connectivity index is 0.00000121. The van der Waals surface area contributed by atoms with Crippen LogP contribution in [0.5, 0.6) is 0 Å². The number of rotatable bonds is 1. The van der Waals surface area contributed by atoms with E-state index in [2.05, 4.69) is 10.1 Å². The standard InChI is InChI=1S/C7H13NO3.ClH/c1-5-4-11-6(3-8-5)7(9)10-2;/h5-6,8H,3-4H2,1-2H3;1H/t5-,6+;/m0./s1. The van der Waals surface area contributed by atoms with Crippen molar-refractivity contribution in [2.45, 2.75) is 19.1 Å². The number of carbonyl (C=O) groups is 1. The molecule has 1 rings (SSSR count). The molecule has 1 aliphatic rings. The van der Waals surface area contributed by atoms with E-state index >= 15 is 0 Å². The van der Waals surface area contributed by atoms with Crippen LogP contribution >= 0.6 is 12.4 Å². The van der Waals surface area contributed by atoms with Gasteiger partial charge in [0, 0.05) is 12.6 Å². The van der Waals surface area contributed by atoms with Gasteiger partial charge in [0.1, 0.15) is 0 Å². The zero-order valence-electron chi connectivity index (χ0n) is 7.20. The number of hydrogen-bond acceptors (Lipinski definition) is 4. The summed E-state index contributed by atoms with van der Waals surface area (Å²) in [5, 5.41) is 3.12. The fourth-order valence-corrected chi connectivity index (χ4v) is 0.969. The summed E-state index contributed by atoms with van der Waals surface area (Å²) in [4.78, 5) is 10.9. The summed E-state index contributed by atoms with van der Waals surface area (Å²) < 4.78 is 9.73. The fourth-order valence-electron chi connectivity index (χ4n) is 0.969. The highest BCUT2D eigenvalue weighted by Gasteiger charge is 2.24. The van der Waals surface area contributed by atoms with Crippen molar-refractivity contribution in [1.82, 2.24) is 5.32 Å². The van der Waals surface area contributed by atoms with E-state index in [1.54, 1.807) is 0 Å².